The minimum absolute atomic E-state index is 0.401. The zero-order valence-electron chi connectivity index (χ0n) is 7.18. The first-order valence-corrected chi connectivity index (χ1v) is 4.84. The Kier molecular flexibility index (Phi) is 1.74. The average Bonchev–Trinajstić information content (AvgIpc) is 2.25. The van der Waals surface area contributed by atoms with Gasteiger partial charge in [-0.2, -0.15) is 0 Å². The van der Waals surface area contributed by atoms with Gasteiger partial charge in [0.15, 0.2) is 0 Å². The lowest BCUT2D eigenvalue weighted by Crippen LogP contribution is -2.45. The van der Waals surface area contributed by atoms with Gasteiger partial charge in [0.1, 0.15) is 5.78 Å². The second-order valence-corrected chi connectivity index (χ2v) is 4.10. The third-order valence-electron chi connectivity index (χ3n) is 3.53. The molecule has 0 radical (unpaired) electrons. The molecule has 1 heteroatoms. The highest BCUT2D eigenvalue weighted by Crippen LogP contribution is 2.44. The Morgan fingerprint density at radius 1 is 1.18 bits per heavy atom. The van der Waals surface area contributed by atoms with Crippen LogP contribution in [0.4, 0.5) is 0 Å². The van der Waals surface area contributed by atoms with Gasteiger partial charge in [0, 0.05) is 11.8 Å². The molecule has 2 saturated carbocycles. The van der Waals surface area contributed by atoms with Crippen LogP contribution >= 0.6 is 0 Å². The van der Waals surface area contributed by atoms with Gasteiger partial charge in [0.05, 0.1) is 0 Å². The summed E-state index contributed by atoms with van der Waals surface area (Å²) in [6, 6.07) is 0. The molecule has 11 heavy (non-hydrogen) atoms. The summed E-state index contributed by atoms with van der Waals surface area (Å²) in [5, 5.41) is 0. The summed E-state index contributed by atoms with van der Waals surface area (Å²) in [6.45, 7) is 2.11. The summed E-state index contributed by atoms with van der Waals surface area (Å²) in [7, 11) is 0. The van der Waals surface area contributed by atoms with E-state index < -0.39 is 0 Å². The van der Waals surface area contributed by atoms with E-state index in [1.165, 1.54) is 32.1 Å². The predicted octanol–water partition coefficient (Wildman–Crippen LogP) is 2.40. The van der Waals surface area contributed by atoms with Crippen LogP contribution in [-0.2, 0) is 4.79 Å². The van der Waals surface area contributed by atoms with Crippen molar-refractivity contribution in [1.29, 1.82) is 0 Å². The molecule has 2 aliphatic carbocycles. The molecule has 62 valence electrons. The monoisotopic (exact) mass is 152 g/mol. The van der Waals surface area contributed by atoms with E-state index in [9.17, 15) is 4.79 Å². The van der Waals surface area contributed by atoms with Crippen molar-refractivity contribution < 1.29 is 4.79 Å². The molecule has 2 aliphatic rings. The van der Waals surface area contributed by atoms with E-state index in [4.69, 9.17) is 0 Å². The molecular weight excluding hydrogens is 136 g/mol. The van der Waals surface area contributed by atoms with Crippen molar-refractivity contribution in [1.82, 2.24) is 0 Å². The summed E-state index contributed by atoms with van der Waals surface area (Å²) in [4.78, 5) is 11.3. The second-order valence-electron chi connectivity index (χ2n) is 4.10. The van der Waals surface area contributed by atoms with Crippen molar-refractivity contribution >= 4 is 5.78 Å². The molecule has 0 N–H and O–H groups in total. The van der Waals surface area contributed by atoms with Gasteiger partial charge >= 0.3 is 0 Å². The molecule has 0 amide bonds. The first-order chi connectivity index (χ1) is 5.30. The van der Waals surface area contributed by atoms with Crippen LogP contribution in [0.3, 0.4) is 0 Å². The topological polar surface area (TPSA) is 17.1 Å². The van der Waals surface area contributed by atoms with E-state index in [0.717, 1.165) is 5.92 Å². The Balaban J connectivity index is 2.05. The van der Waals surface area contributed by atoms with E-state index in [1.54, 1.807) is 0 Å². The molecule has 0 heterocycles. The number of ketones is 1. The molecule has 0 aromatic rings. The highest BCUT2D eigenvalue weighted by molar-refractivity contribution is 5.89. The van der Waals surface area contributed by atoms with Crippen molar-refractivity contribution in [3.05, 3.63) is 0 Å². The van der Waals surface area contributed by atoms with Gasteiger partial charge < -0.3 is 0 Å². The van der Waals surface area contributed by atoms with Crippen LogP contribution in [0.1, 0.15) is 39.0 Å². The summed E-state index contributed by atoms with van der Waals surface area (Å²) in [5.41, 5.74) is 0. The largest absolute Gasteiger partial charge is 0.299 e. The van der Waals surface area contributed by atoms with Gasteiger partial charge in [0.25, 0.3) is 0 Å². The fraction of sp³-hybridized carbons (Fsp3) is 0.900. The quantitative estimate of drug-likeness (QED) is 0.521. The fourth-order valence-corrected chi connectivity index (χ4v) is 2.72. The van der Waals surface area contributed by atoms with E-state index in [2.05, 4.69) is 6.92 Å². The zero-order valence-corrected chi connectivity index (χ0v) is 7.18. The molecule has 0 saturated heterocycles. The van der Waals surface area contributed by atoms with Gasteiger partial charge in [-0.15, -0.1) is 0 Å². The number of hydrogen-bond acceptors (Lipinski definition) is 1. The van der Waals surface area contributed by atoms with E-state index in [0.29, 0.717) is 17.6 Å². The highest BCUT2D eigenvalue weighted by atomic mass is 16.1. The van der Waals surface area contributed by atoms with Crippen LogP contribution in [0.15, 0.2) is 0 Å². The van der Waals surface area contributed by atoms with Crippen molar-refractivity contribution in [3.8, 4) is 0 Å². The Morgan fingerprint density at radius 2 is 1.91 bits per heavy atom. The second kappa shape index (κ2) is 2.62. The smallest absolute Gasteiger partial charge is 0.139 e. The Labute approximate surface area is 68.2 Å². The maximum absolute atomic E-state index is 11.3. The van der Waals surface area contributed by atoms with Crippen molar-refractivity contribution in [2.45, 2.75) is 39.0 Å². The molecular formula is C10H16O. The standard InChI is InChI=1S/C10H16O/c1-7-8-5-3-2-4-6-9(8)10(7)11/h7-9H,2-6H2,1H3/t7?,8-,9-/m1/s1. The molecule has 0 aromatic carbocycles. The maximum atomic E-state index is 11.3. The van der Waals surface area contributed by atoms with Gasteiger partial charge in [-0.1, -0.05) is 26.2 Å². The van der Waals surface area contributed by atoms with Crippen LogP contribution in [0.2, 0.25) is 0 Å². The highest BCUT2D eigenvalue weighted by Gasteiger charge is 2.45. The first-order valence-electron chi connectivity index (χ1n) is 4.84. The molecule has 0 aliphatic heterocycles. The molecule has 2 fully saturated rings. The van der Waals surface area contributed by atoms with E-state index in [-0.39, 0.29) is 0 Å². The van der Waals surface area contributed by atoms with Crippen LogP contribution < -0.4 is 0 Å². The molecule has 3 atom stereocenters. The number of rotatable bonds is 0. The minimum Gasteiger partial charge on any atom is -0.299 e. The van der Waals surface area contributed by atoms with Crippen molar-refractivity contribution in [2.75, 3.05) is 0 Å². The van der Waals surface area contributed by atoms with Gasteiger partial charge in [0.2, 0.25) is 0 Å². The Bertz CT molecular complexity index is 174. The molecule has 0 bridgehead atoms. The lowest BCUT2D eigenvalue weighted by molar-refractivity contribution is -0.142. The average molecular weight is 152 g/mol. The molecule has 0 spiro atoms. The van der Waals surface area contributed by atoms with Crippen molar-refractivity contribution in [3.63, 3.8) is 0 Å². The number of carbonyl (C=O) groups is 1. The maximum Gasteiger partial charge on any atom is 0.139 e. The third kappa shape index (κ3) is 1.02. The fourth-order valence-electron chi connectivity index (χ4n) is 2.72. The normalized spacial score (nSPS) is 44.1. The minimum atomic E-state index is 0.401. The SMILES string of the molecule is CC1C(=O)[C@@H]2CCCCC[C@H]12. The lowest BCUT2D eigenvalue weighted by Gasteiger charge is -2.40. The van der Waals surface area contributed by atoms with Crippen LogP contribution in [0, 0.1) is 17.8 Å². The van der Waals surface area contributed by atoms with Crippen LogP contribution in [0.25, 0.3) is 0 Å². The number of Topliss-reactive ketones (excluding diaryl/α,β-unsaturated/α-hetero) is 1. The molecule has 1 unspecified atom stereocenters. The zero-order chi connectivity index (χ0) is 7.84. The van der Waals surface area contributed by atoms with Crippen LogP contribution in [0.5, 0.6) is 0 Å². The van der Waals surface area contributed by atoms with Gasteiger partial charge in [-0.25, -0.2) is 0 Å². The lowest BCUT2D eigenvalue weighted by atomic mass is 9.62. The first kappa shape index (κ1) is 7.33. The van der Waals surface area contributed by atoms with Gasteiger partial charge in [-0.3, -0.25) is 4.79 Å². The van der Waals surface area contributed by atoms with Crippen LogP contribution in [-0.4, -0.2) is 5.78 Å². The summed E-state index contributed by atoms with van der Waals surface area (Å²) < 4.78 is 0. The number of fused-ring (bicyclic) bond motifs is 1. The van der Waals surface area contributed by atoms with E-state index in [1.807, 2.05) is 0 Å². The predicted molar refractivity (Wildman–Crippen MR) is 44.2 cm³/mol. The summed E-state index contributed by atoms with van der Waals surface area (Å²) in [5.74, 6) is 2.20. The third-order valence-corrected chi connectivity index (χ3v) is 3.53. The molecule has 0 aromatic heterocycles. The molecule has 1 nitrogen and oxygen atoms in total. The Morgan fingerprint density at radius 3 is 2.73 bits per heavy atom. The number of hydrogen-bond donors (Lipinski definition) is 0. The van der Waals surface area contributed by atoms with Crippen molar-refractivity contribution in [2.24, 2.45) is 17.8 Å². The molecule has 2 rings (SSSR count). The Hall–Kier alpha value is -0.330. The van der Waals surface area contributed by atoms with E-state index >= 15 is 0 Å². The van der Waals surface area contributed by atoms with Gasteiger partial charge in [-0.05, 0) is 18.8 Å². The summed E-state index contributed by atoms with van der Waals surface area (Å²) in [6.07, 6.45) is 6.51. The number of carbonyl (C=O) groups excluding carboxylic acids is 1. The summed E-state index contributed by atoms with van der Waals surface area (Å²) >= 11 is 0.